The van der Waals surface area contributed by atoms with Gasteiger partial charge < -0.3 is 11.5 Å². The second kappa shape index (κ2) is 3.38. The molecule has 0 atom stereocenters. The molecule has 2 aromatic rings. The van der Waals surface area contributed by atoms with Crippen molar-refractivity contribution in [2.75, 3.05) is 11.5 Å². The fraction of sp³-hybridized carbons (Fsp3) is 0. The van der Waals surface area contributed by atoms with Gasteiger partial charge in [-0.25, -0.2) is 4.98 Å². The number of nitrogens with zero attached hydrogens (tertiary/aromatic N) is 1. The first kappa shape index (κ1) is 8.56. The van der Waals surface area contributed by atoms with E-state index >= 15 is 0 Å². The molecule has 0 saturated heterocycles. The van der Waals surface area contributed by atoms with Crippen LogP contribution in [0.3, 0.4) is 0 Å². The molecule has 14 heavy (non-hydrogen) atoms. The van der Waals surface area contributed by atoms with Crippen LogP contribution in [0.2, 0.25) is 0 Å². The van der Waals surface area contributed by atoms with Gasteiger partial charge in [-0.1, -0.05) is 30.3 Å². The zero-order valence-electron chi connectivity index (χ0n) is 7.64. The van der Waals surface area contributed by atoms with Crippen LogP contribution in [0, 0.1) is 0 Å². The number of nitrogen functional groups attached to an aromatic ring is 2. The second-order valence-electron chi connectivity index (χ2n) is 3.06. The third kappa shape index (κ3) is 1.52. The lowest BCUT2D eigenvalue weighted by Crippen LogP contribution is -1.97. The fourth-order valence-electron chi connectivity index (χ4n) is 1.28. The molecule has 0 aliphatic rings. The van der Waals surface area contributed by atoms with Crippen molar-refractivity contribution < 1.29 is 0 Å². The van der Waals surface area contributed by atoms with Gasteiger partial charge in [0.25, 0.3) is 0 Å². The number of anilines is 2. The van der Waals surface area contributed by atoms with E-state index in [0.29, 0.717) is 11.5 Å². The summed E-state index contributed by atoms with van der Waals surface area (Å²) in [6.45, 7) is 0. The Morgan fingerprint density at radius 1 is 0.929 bits per heavy atom. The summed E-state index contributed by atoms with van der Waals surface area (Å²) in [4.78, 5) is 4.01. The van der Waals surface area contributed by atoms with Crippen LogP contribution in [-0.4, -0.2) is 4.98 Å². The van der Waals surface area contributed by atoms with Crippen LogP contribution in [-0.2, 0) is 0 Å². The van der Waals surface area contributed by atoms with Crippen LogP contribution in [0.5, 0.6) is 0 Å². The molecule has 1 heterocycles. The van der Waals surface area contributed by atoms with E-state index in [1.807, 2.05) is 36.4 Å². The Balaban J connectivity index is 2.48. The van der Waals surface area contributed by atoms with E-state index in [-0.39, 0.29) is 0 Å². The van der Waals surface area contributed by atoms with E-state index in [0.717, 1.165) is 11.1 Å². The fourth-order valence-corrected chi connectivity index (χ4v) is 1.28. The van der Waals surface area contributed by atoms with Crippen molar-refractivity contribution in [1.82, 2.24) is 4.98 Å². The van der Waals surface area contributed by atoms with Gasteiger partial charge >= 0.3 is 0 Å². The first-order valence-corrected chi connectivity index (χ1v) is 4.34. The minimum atomic E-state index is 0.379. The van der Waals surface area contributed by atoms with Gasteiger partial charge in [0.15, 0.2) is 0 Å². The molecule has 0 radical (unpaired) electrons. The van der Waals surface area contributed by atoms with Crippen molar-refractivity contribution in [3.8, 4) is 11.1 Å². The zero-order chi connectivity index (χ0) is 9.97. The Hall–Kier alpha value is -2.03. The van der Waals surface area contributed by atoms with E-state index < -0.39 is 0 Å². The van der Waals surface area contributed by atoms with Gasteiger partial charge in [-0.3, -0.25) is 0 Å². The van der Waals surface area contributed by atoms with Crippen LogP contribution in [0.1, 0.15) is 0 Å². The highest BCUT2D eigenvalue weighted by Crippen LogP contribution is 2.22. The number of nitrogens with two attached hydrogens (primary N) is 2. The van der Waals surface area contributed by atoms with E-state index in [9.17, 15) is 0 Å². The van der Waals surface area contributed by atoms with E-state index in [2.05, 4.69) is 4.98 Å². The lowest BCUT2D eigenvalue weighted by molar-refractivity contribution is 1.34. The van der Waals surface area contributed by atoms with E-state index in [1.165, 1.54) is 0 Å². The summed E-state index contributed by atoms with van der Waals surface area (Å²) in [6, 6.07) is 11.8. The summed E-state index contributed by atoms with van der Waals surface area (Å²) in [5, 5.41) is 0. The highest BCUT2D eigenvalue weighted by molar-refractivity contribution is 5.71. The smallest absolute Gasteiger partial charge is 0.146 e. The molecule has 1 aromatic carbocycles. The van der Waals surface area contributed by atoms with Crippen LogP contribution in [0.25, 0.3) is 11.1 Å². The first-order chi connectivity index (χ1) is 6.77. The molecule has 0 fully saturated rings. The Morgan fingerprint density at radius 2 is 1.64 bits per heavy atom. The summed E-state index contributed by atoms with van der Waals surface area (Å²) >= 11 is 0. The third-order valence-electron chi connectivity index (χ3n) is 2.06. The minimum absolute atomic E-state index is 0.379. The van der Waals surface area contributed by atoms with Crippen molar-refractivity contribution in [1.29, 1.82) is 0 Å². The van der Waals surface area contributed by atoms with E-state index in [4.69, 9.17) is 11.5 Å². The third-order valence-corrected chi connectivity index (χ3v) is 2.06. The van der Waals surface area contributed by atoms with Crippen LogP contribution >= 0.6 is 0 Å². The molecule has 70 valence electrons. The number of rotatable bonds is 1. The topological polar surface area (TPSA) is 64.9 Å². The van der Waals surface area contributed by atoms with E-state index in [1.54, 1.807) is 6.20 Å². The monoisotopic (exact) mass is 185 g/mol. The Labute approximate surface area is 82.4 Å². The van der Waals surface area contributed by atoms with Crippen molar-refractivity contribution in [3.63, 3.8) is 0 Å². The highest BCUT2D eigenvalue weighted by atomic mass is 14.9. The van der Waals surface area contributed by atoms with Crippen molar-refractivity contribution in [2.24, 2.45) is 0 Å². The normalized spacial score (nSPS) is 10.0. The zero-order valence-corrected chi connectivity index (χ0v) is 7.64. The number of hydrogen-bond acceptors (Lipinski definition) is 3. The summed E-state index contributed by atoms with van der Waals surface area (Å²) in [5.41, 5.74) is 13.8. The average Bonchev–Trinajstić information content (AvgIpc) is 2.23. The largest absolute Gasteiger partial charge is 0.396 e. The maximum atomic E-state index is 5.67. The van der Waals surface area contributed by atoms with Gasteiger partial charge in [0.2, 0.25) is 0 Å². The second-order valence-corrected chi connectivity index (χ2v) is 3.06. The molecule has 0 aliphatic heterocycles. The van der Waals surface area contributed by atoms with Crippen LogP contribution < -0.4 is 11.5 Å². The molecule has 2 rings (SSSR count). The quantitative estimate of drug-likeness (QED) is 0.713. The Bertz CT molecular complexity index is 438. The van der Waals surface area contributed by atoms with Crippen molar-refractivity contribution >= 4 is 11.5 Å². The molecule has 0 bridgehead atoms. The SMILES string of the molecule is Nc1cc(-c2ccccc2)cnc1N. The molecular weight excluding hydrogens is 174 g/mol. The molecule has 0 amide bonds. The summed E-state index contributed by atoms with van der Waals surface area (Å²) in [5.74, 6) is 0.379. The summed E-state index contributed by atoms with van der Waals surface area (Å²) < 4.78 is 0. The van der Waals surface area contributed by atoms with Crippen molar-refractivity contribution in [3.05, 3.63) is 42.6 Å². The van der Waals surface area contributed by atoms with Gasteiger partial charge in [-0.05, 0) is 11.6 Å². The number of benzene rings is 1. The molecule has 0 saturated carbocycles. The van der Waals surface area contributed by atoms with Crippen LogP contribution in [0.4, 0.5) is 11.5 Å². The van der Waals surface area contributed by atoms with Gasteiger partial charge in [0.1, 0.15) is 5.82 Å². The highest BCUT2D eigenvalue weighted by Gasteiger charge is 2.00. The molecule has 3 heteroatoms. The lowest BCUT2D eigenvalue weighted by Gasteiger charge is -2.03. The minimum Gasteiger partial charge on any atom is -0.396 e. The predicted molar refractivity (Wildman–Crippen MR) is 58.5 cm³/mol. The lowest BCUT2D eigenvalue weighted by atomic mass is 10.1. The average molecular weight is 185 g/mol. The van der Waals surface area contributed by atoms with Gasteiger partial charge in [-0.2, -0.15) is 0 Å². The summed E-state index contributed by atoms with van der Waals surface area (Å²) in [7, 11) is 0. The molecule has 3 nitrogen and oxygen atoms in total. The maximum Gasteiger partial charge on any atom is 0.146 e. The van der Waals surface area contributed by atoms with Gasteiger partial charge in [-0.15, -0.1) is 0 Å². The van der Waals surface area contributed by atoms with Gasteiger partial charge in [0, 0.05) is 11.8 Å². The van der Waals surface area contributed by atoms with Gasteiger partial charge in [0.05, 0.1) is 5.69 Å². The molecule has 0 aliphatic carbocycles. The van der Waals surface area contributed by atoms with Crippen molar-refractivity contribution in [2.45, 2.75) is 0 Å². The maximum absolute atomic E-state index is 5.67. The number of aromatic nitrogens is 1. The van der Waals surface area contributed by atoms with Crippen LogP contribution in [0.15, 0.2) is 42.6 Å². The molecule has 0 spiro atoms. The predicted octanol–water partition coefficient (Wildman–Crippen LogP) is 1.91. The Kier molecular flexibility index (Phi) is 2.07. The summed E-state index contributed by atoms with van der Waals surface area (Å²) in [6.07, 6.45) is 1.72. The molecular formula is C11H11N3. The molecule has 4 N–H and O–H groups in total. The standard InChI is InChI=1S/C11H11N3/c12-10-6-9(7-14-11(10)13)8-4-2-1-3-5-8/h1-7H,12H2,(H2,13,14). The molecule has 0 unspecified atom stereocenters. The number of hydrogen-bond donors (Lipinski definition) is 2. The number of pyridine rings is 1. The molecule has 1 aromatic heterocycles. The first-order valence-electron chi connectivity index (χ1n) is 4.34. The Morgan fingerprint density at radius 3 is 2.29 bits per heavy atom.